The molecule has 2 aromatic carbocycles. The fourth-order valence-corrected chi connectivity index (χ4v) is 5.86. The Hall–Kier alpha value is -3.04. The van der Waals surface area contributed by atoms with Gasteiger partial charge in [0.1, 0.15) is 6.54 Å². The third-order valence-corrected chi connectivity index (χ3v) is 7.99. The Balaban J connectivity index is 1.49. The van der Waals surface area contributed by atoms with Gasteiger partial charge in [-0.1, -0.05) is 67.0 Å². The van der Waals surface area contributed by atoms with Crippen LogP contribution < -0.4 is 0 Å². The zero-order valence-corrected chi connectivity index (χ0v) is 21.2. The van der Waals surface area contributed by atoms with Crippen LogP contribution in [-0.2, 0) is 21.4 Å². The molecule has 35 heavy (non-hydrogen) atoms. The van der Waals surface area contributed by atoms with Gasteiger partial charge in [-0.25, -0.2) is 8.42 Å². The highest BCUT2D eigenvalue weighted by molar-refractivity contribution is 7.89. The Morgan fingerprint density at radius 2 is 1.86 bits per heavy atom. The lowest BCUT2D eigenvalue weighted by atomic mass is 9.97. The van der Waals surface area contributed by atoms with Crippen LogP contribution in [0.2, 0.25) is 0 Å². The van der Waals surface area contributed by atoms with Gasteiger partial charge in [-0.05, 0) is 37.8 Å². The largest absolute Gasteiger partial charge is 0.337 e. The molecule has 1 saturated heterocycles. The van der Waals surface area contributed by atoms with E-state index in [1.165, 1.54) is 4.31 Å². The smallest absolute Gasteiger partial charge is 0.246 e. The third-order valence-electron chi connectivity index (χ3n) is 6.12. The lowest BCUT2D eigenvalue weighted by molar-refractivity contribution is -0.138. The van der Waals surface area contributed by atoms with Gasteiger partial charge in [-0.2, -0.15) is 9.29 Å². The number of hydrogen-bond acceptors (Lipinski definition) is 6. The van der Waals surface area contributed by atoms with Gasteiger partial charge >= 0.3 is 0 Å². The number of benzene rings is 2. The maximum Gasteiger partial charge on any atom is 0.246 e. The molecule has 0 bridgehead atoms. The average Bonchev–Trinajstić information content (AvgIpc) is 3.32. The number of rotatable bonds is 8. The van der Waals surface area contributed by atoms with Crippen LogP contribution in [0.1, 0.15) is 38.1 Å². The maximum atomic E-state index is 13.6. The Morgan fingerprint density at radius 1 is 1.14 bits per heavy atom. The number of carbonyl (C=O) groups excluding carboxylic acids is 1. The van der Waals surface area contributed by atoms with Gasteiger partial charge in [0, 0.05) is 25.2 Å². The molecule has 1 aliphatic heterocycles. The second-order valence-electron chi connectivity index (χ2n) is 9.51. The zero-order chi connectivity index (χ0) is 25.0. The molecule has 0 saturated carbocycles. The van der Waals surface area contributed by atoms with E-state index in [1.807, 2.05) is 51.1 Å². The van der Waals surface area contributed by atoms with Crippen molar-refractivity contribution in [3.63, 3.8) is 0 Å². The molecule has 8 nitrogen and oxygen atoms in total. The SMILES string of the molecule is Cc1ccc(S(=O)(=O)N2CCC[C@H](C(=O)N(Cc3nc(-c4ccccc4)no3)CC(C)C)C2)cc1. The highest BCUT2D eigenvalue weighted by atomic mass is 32.2. The number of sulfonamides is 1. The molecule has 9 heteroatoms. The Kier molecular flexibility index (Phi) is 7.66. The van der Waals surface area contributed by atoms with Crippen molar-refractivity contribution in [3.8, 4) is 11.4 Å². The molecule has 0 aliphatic carbocycles. The summed E-state index contributed by atoms with van der Waals surface area (Å²) in [6.07, 6.45) is 1.28. The Bertz CT molecular complexity index is 1240. The average molecular weight is 497 g/mol. The lowest BCUT2D eigenvalue weighted by Gasteiger charge is -2.34. The quantitative estimate of drug-likeness (QED) is 0.465. The summed E-state index contributed by atoms with van der Waals surface area (Å²) < 4.78 is 33.3. The van der Waals surface area contributed by atoms with E-state index in [1.54, 1.807) is 29.2 Å². The number of aryl methyl sites for hydroxylation is 1. The minimum Gasteiger partial charge on any atom is -0.337 e. The van der Waals surface area contributed by atoms with E-state index in [2.05, 4.69) is 10.1 Å². The molecule has 1 atom stereocenters. The van der Waals surface area contributed by atoms with Crippen molar-refractivity contribution in [3.05, 3.63) is 66.1 Å². The van der Waals surface area contributed by atoms with Gasteiger partial charge in [0.2, 0.25) is 27.6 Å². The summed E-state index contributed by atoms with van der Waals surface area (Å²) in [4.78, 5) is 20.0. The van der Waals surface area contributed by atoms with E-state index in [0.717, 1.165) is 11.1 Å². The minimum atomic E-state index is -3.66. The molecule has 186 valence electrons. The van der Waals surface area contributed by atoms with Crippen LogP contribution in [-0.4, -0.2) is 53.3 Å². The maximum absolute atomic E-state index is 13.6. The topological polar surface area (TPSA) is 96.6 Å². The standard InChI is InChI=1S/C26H32N4O4S/c1-19(2)16-29(18-24-27-25(28-34-24)21-8-5-4-6-9-21)26(31)22-10-7-15-30(17-22)35(32,33)23-13-11-20(3)12-14-23/h4-6,8-9,11-14,19,22H,7,10,15-18H2,1-3H3/t22-/m0/s1. The van der Waals surface area contributed by atoms with Crippen molar-refractivity contribution in [1.82, 2.24) is 19.3 Å². The normalized spacial score (nSPS) is 17.0. The highest BCUT2D eigenvalue weighted by Crippen LogP contribution is 2.26. The summed E-state index contributed by atoms with van der Waals surface area (Å²) in [6, 6.07) is 16.4. The molecule has 2 heterocycles. The predicted octanol–water partition coefficient (Wildman–Crippen LogP) is 4.13. The molecule has 0 radical (unpaired) electrons. The summed E-state index contributed by atoms with van der Waals surface area (Å²) in [6.45, 7) is 7.29. The van der Waals surface area contributed by atoms with E-state index < -0.39 is 15.9 Å². The molecule has 0 spiro atoms. The Labute approximate surface area is 207 Å². The van der Waals surface area contributed by atoms with E-state index in [9.17, 15) is 13.2 Å². The third kappa shape index (κ3) is 5.97. The van der Waals surface area contributed by atoms with Crippen molar-refractivity contribution in [2.24, 2.45) is 11.8 Å². The number of hydrogen-bond donors (Lipinski definition) is 0. The first-order valence-corrected chi connectivity index (χ1v) is 13.4. The molecule has 1 aromatic heterocycles. The van der Waals surface area contributed by atoms with Gasteiger partial charge in [-0.3, -0.25) is 4.79 Å². The molecule has 1 amide bonds. The summed E-state index contributed by atoms with van der Waals surface area (Å²) in [5.74, 6) is 0.566. The van der Waals surface area contributed by atoms with E-state index in [-0.39, 0.29) is 29.8 Å². The Morgan fingerprint density at radius 3 is 2.54 bits per heavy atom. The fraction of sp³-hybridized carbons (Fsp3) is 0.423. The van der Waals surface area contributed by atoms with Gasteiger partial charge in [-0.15, -0.1) is 0 Å². The molecule has 0 unspecified atom stereocenters. The molecule has 4 rings (SSSR count). The van der Waals surface area contributed by atoms with Crippen LogP contribution in [0.4, 0.5) is 0 Å². The molecule has 3 aromatic rings. The second-order valence-corrected chi connectivity index (χ2v) is 11.4. The number of amides is 1. The first kappa shape index (κ1) is 25.1. The van der Waals surface area contributed by atoms with Crippen molar-refractivity contribution in [1.29, 1.82) is 0 Å². The summed E-state index contributed by atoms with van der Waals surface area (Å²) in [5.41, 5.74) is 1.84. The van der Waals surface area contributed by atoms with Crippen molar-refractivity contribution in [2.75, 3.05) is 19.6 Å². The van der Waals surface area contributed by atoms with E-state index >= 15 is 0 Å². The second kappa shape index (κ2) is 10.7. The van der Waals surface area contributed by atoms with Crippen LogP contribution in [0.15, 0.2) is 64.0 Å². The van der Waals surface area contributed by atoms with Crippen molar-refractivity contribution < 1.29 is 17.7 Å². The fourth-order valence-electron chi connectivity index (χ4n) is 4.34. The van der Waals surface area contributed by atoms with E-state index in [4.69, 9.17) is 4.52 Å². The number of carbonyl (C=O) groups is 1. The van der Waals surface area contributed by atoms with Crippen LogP contribution in [0.25, 0.3) is 11.4 Å². The van der Waals surface area contributed by atoms with Gasteiger partial charge in [0.05, 0.1) is 10.8 Å². The van der Waals surface area contributed by atoms with Crippen LogP contribution in [0.3, 0.4) is 0 Å². The summed E-state index contributed by atoms with van der Waals surface area (Å²) >= 11 is 0. The summed E-state index contributed by atoms with van der Waals surface area (Å²) in [7, 11) is -3.66. The van der Waals surface area contributed by atoms with E-state index in [0.29, 0.717) is 37.6 Å². The number of piperidine rings is 1. The van der Waals surface area contributed by atoms with Crippen LogP contribution in [0, 0.1) is 18.8 Å². The molecular formula is C26H32N4O4S. The van der Waals surface area contributed by atoms with Gasteiger partial charge < -0.3 is 9.42 Å². The number of nitrogens with zero attached hydrogens (tertiary/aromatic N) is 4. The molecule has 1 aliphatic rings. The monoisotopic (exact) mass is 496 g/mol. The number of aromatic nitrogens is 2. The highest BCUT2D eigenvalue weighted by Gasteiger charge is 2.35. The van der Waals surface area contributed by atoms with Crippen LogP contribution in [0.5, 0.6) is 0 Å². The van der Waals surface area contributed by atoms with Gasteiger partial charge in [0.25, 0.3) is 0 Å². The van der Waals surface area contributed by atoms with Crippen molar-refractivity contribution >= 4 is 15.9 Å². The van der Waals surface area contributed by atoms with Crippen molar-refractivity contribution in [2.45, 2.75) is 45.1 Å². The first-order valence-electron chi connectivity index (χ1n) is 12.0. The zero-order valence-electron chi connectivity index (χ0n) is 20.4. The molecule has 0 N–H and O–H groups in total. The minimum absolute atomic E-state index is 0.0815. The lowest BCUT2D eigenvalue weighted by Crippen LogP contribution is -2.47. The molecule has 1 fully saturated rings. The van der Waals surface area contributed by atoms with Crippen LogP contribution >= 0.6 is 0 Å². The molecular weight excluding hydrogens is 464 g/mol. The first-order chi connectivity index (χ1) is 16.7. The predicted molar refractivity (Wildman–Crippen MR) is 133 cm³/mol. The van der Waals surface area contributed by atoms with Gasteiger partial charge in [0.15, 0.2) is 0 Å². The summed E-state index contributed by atoms with van der Waals surface area (Å²) in [5, 5.41) is 4.06.